The Kier molecular flexibility index (Phi) is 2.88. The van der Waals surface area contributed by atoms with E-state index >= 15 is 0 Å². The van der Waals surface area contributed by atoms with Gasteiger partial charge in [0, 0.05) is 0 Å². The average molecular weight is 238 g/mol. The fraction of sp³-hybridized carbons (Fsp3) is 0.200. The summed E-state index contributed by atoms with van der Waals surface area (Å²) in [5.41, 5.74) is -2.19. The molecule has 7 nitrogen and oxygen atoms in total. The second-order valence-electron chi connectivity index (χ2n) is 2.22. The maximum atomic E-state index is 12.5. The lowest BCUT2D eigenvalue weighted by molar-refractivity contribution is -0.320. The van der Waals surface area contributed by atoms with Crippen LogP contribution in [0.1, 0.15) is 0 Å². The van der Waals surface area contributed by atoms with Gasteiger partial charge in [-0.25, -0.2) is 9.89 Å². The highest BCUT2D eigenvalue weighted by molar-refractivity contribution is 8.00. The van der Waals surface area contributed by atoms with Gasteiger partial charge in [-0.1, -0.05) is 0 Å². The first-order valence-corrected chi connectivity index (χ1v) is 4.12. The molecule has 15 heavy (non-hydrogen) atoms. The molecule has 0 aliphatic rings. The molecule has 0 aliphatic heterocycles. The van der Waals surface area contributed by atoms with Crippen molar-refractivity contribution in [3.8, 4) is 0 Å². The van der Waals surface area contributed by atoms with Gasteiger partial charge in [-0.15, -0.1) is 0 Å². The predicted octanol–water partition coefficient (Wildman–Crippen LogP) is -2.11. The summed E-state index contributed by atoms with van der Waals surface area (Å²) >= 11 is -0.631. The monoisotopic (exact) mass is 238 g/mol. The quantitative estimate of drug-likeness (QED) is 0.582. The third-order valence-electron chi connectivity index (χ3n) is 1.14. The molecule has 0 spiro atoms. The number of hydrogen-bond donors (Lipinski definition) is 2. The Morgan fingerprint density at radius 3 is 2.53 bits per heavy atom. The maximum absolute atomic E-state index is 12.5. The number of aromatic amines is 2. The van der Waals surface area contributed by atoms with Crippen molar-refractivity contribution in [3.05, 3.63) is 20.8 Å². The summed E-state index contributed by atoms with van der Waals surface area (Å²) in [4.78, 5) is 32.8. The van der Waals surface area contributed by atoms with Crippen molar-refractivity contribution in [3.63, 3.8) is 0 Å². The summed E-state index contributed by atoms with van der Waals surface area (Å²) in [6, 6.07) is 0. The highest BCUT2D eigenvalue weighted by Crippen LogP contribution is 2.31. The van der Waals surface area contributed by atoms with Crippen LogP contribution in [0.25, 0.3) is 0 Å². The Balaban J connectivity index is 3.06. The van der Waals surface area contributed by atoms with Crippen LogP contribution in [0, 0.1) is 0 Å². The van der Waals surface area contributed by atoms with E-state index in [4.69, 9.17) is 0 Å². The number of rotatable bonds is 3. The highest BCUT2D eigenvalue weighted by atomic mass is 32.2. The number of alkyl halides is 2. The number of nitrogens with one attached hydrogen (secondary N) is 2. The van der Waals surface area contributed by atoms with Gasteiger partial charge in [0.1, 0.15) is 5.97 Å². The molecular weight excluding hydrogens is 236 g/mol. The Labute approximate surface area is 83.5 Å². The normalized spacial score (nSPS) is 11.3. The van der Waals surface area contributed by atoms with Crippen molar-refractivity contribution in [2.45, 2.75) is 10.3 Å². The fourth-order valence-electron chi connectivity index (χ4n) is 0.569. The summed E-state index contributed by atoms with van der Waals surface area (Å²) in [6.45, 7) is 0. The number of halogens is 2. The van der Waals surface area contributed by atoms with Gasteiger partial charge in [-0.3, -0.25) is 9.78 Å². The smallest absolute Gasteiger partial charge is 0.342 e. The molecule has 82 valence electrons. The second kappa shape index (κ2) is 3.81. The van der Waals surface area contributed by atoms with E-state index in [0.29, 0.717) is 0 Å². The van der Waals surface area contributed by atoms with Crippen molar-refractivity contribution < 1.29 is 18.7 Å². The summed E-state index contributed by atoms with van der Waals surface area (Å²) in [7, 11) is 0. The Bertz CT molecular complexity index is 496. The van der Waals surface area contributed by atoms with Crippen LogP contribution in [-0.4, -0.2) is 26.4 Å². The molecule has 0 aliphatic carbocycles. The number of aliphatic carboxylic acids is 1. The SMILES string of the molecule is O=C([O-])C(F)(F)Sc1n[nH]c(=O)[nH]c1=O. The van der Waals surface area contributed by atoms with E-state index in [9.17, 15) is 28.3 Å². The van der Waals surface area contributed by atoms with Gasteiger partial charge in [-0.2, -0.15) is 13.9 Å². The van der Waals surface area contributed by atoms with E-state index in [2.05, 4.69) is 5.10 Å². The van der Waals surface area contributed by atoms with Gasteiger partial charge in [0.25, 0.3) is 5.56 Å². The zero-order chi connectivity index (χ0) is 11.6. The van der Waals surface area contributed by atoms with Gasteiger partial charge >= 0.3 is 10.9 Å². The zero-order valence-electron chi connectivity index (χ0n) is 6.74. The van der Waals surface area contributed by atoms with E-state index in [0.717, 1.165) is 0 Å². The number of carboxylic acids is 1. The van der Waals surface area contributed by atoms with E-state index in [-0.39, 0.29) is 0 Å². The van der Waals surface area contributed by atoms with Crippen LogP contribution in [0.4, 0.5) is 8.78 Å². The molecule has 1 rings (SSSR count). The van der Waals surface area contributed by atoms with Crippen molar-refractivity contribution in [2.75, 3.05) is 0 Å². The molecular formula is C5H2F2N3O4S-. The zero-order valence-corrected chi connectivity index (χ0v) is 7.56. The highest BCUT2D eigenvalue weighted by Gasteiger charge is 2.34. The van der Waals surface area contributed by atoms with E-state index in [1.807, 2.05) is 0 Å². The Hall–Kier alpha value is -1.71. The standard InChI is InChI=1S/C5H3F2N3O4S/c6-5(7,3(12)13)15-2-1(11)8-4(14)10-9-2/h(H,12,13)(H2,8,10,11,14)/p-1. The topological polar surface area (TPSA) is 119 Å². The average Bonchev–Trinajstić information content (AvgIpc) is 2.09. The van der Waals surface area contributed by atoms with E-state index in [1.165, 1.54) is 0 Å². The van der Waals surface area contributed by atoms with Crippen molar-refractivity contribution in [2.24, 2.45) is 0 Å². The lowest BCUT2D eigenvalue weighted by atomic mass is 10.7. The van der Waals surface area contributed by atoms with Crippen LogP contribution in [0.5, 0.6) is 0 Å². The van der Waals surface area contributed by atoms with Gasteiger partial charge in [0.2, 0.25) is 0 Å². The van der Waals surface area contributed by atoms with Crippen LogP contribution in [0.3, 0.4) is 0 Å². The molecule has 1 heterocycles. The largest absolute Gasteiger partial charge is 0.543 e. The first-order valence-electron chi connectivity index (χ1n) is 3.30. The number of hydrogen-bond acceptors (Lipinski definition) is 6. The summed E-state index contributed by atoms with van der Waals surface area (Å²) in [5.74, 6) is -2.65. The number of carboxylic acid groups (broad SMARTS) is 1. The van der Waals surface area contributed by atoms with E-state index < -0.39 is 39.3 Å². The lowest BCUT2D eigenvalue weighted by Gasteiger charge is -2.14. The first-order chi connectivity index (χ1) is 6.83. The van der Waals surface area contributed by atoms with Crippen LogP contribution in [0.15, 0.2) is 14.6 Å². The first kappa shape index (κ1) is 11.4. The summed E-state index contributed by atoms with van der Waals surface area (Å²) < 4.78 is 25.1. The minimum atomic E-state index is -4.29. The lowest BCUT2D eigenvalue weighted by Crippen LogP contribution is -2.39. The predicted molar refractivity (Wildman–Crippen MR) is 41.3 cm³/mol. The third kappa shape index (κ3) is 2.62. The summed E-state index contributed by atoms with van der Waals surface area (Å²) in [6.07, 6.45) is 0. The van der Waals surface area contributed by atoms with Crippen LogP contribution >= 0.6 is 11.8 Å². The molecule has 1 aromatic heterocycles. The number of aromatic nitrogens is 3. The molecule has 2 N–H and O–H groups in total. The van der Waals surface area contributed by atoms with Gasteiger partial charge in [0.05, 0.1) is 0 Å². The van der Waals surface area contributed by atoms with E-state index in [1.54, 1.807) is 10.1 Å². The van der Waals surface area contributed by atoms with Gasteiger partial charge < -0.3 is 9.90 Å². The summed E-state index contributed by atoms with van der Waals surface area (Å²) in [5, 5.41) is 9.37. The second-order valence-corrected chi connectivity index (χ2v) is 3.32. The van der Waals surface area contributed by atoms with Gasteiger partial charge in [0.15, 0.2) is 5.03 Å². The molecule has 0 aromatic carbocycles. The molecule has 0 amide bonds. The Morgan fingerprint density at radius 1 is 1.47 bits per heavy atom. The molecule has 1 aromatic rings. The molecule has 0 bridgehead atoms. The Morgan fingerprint density at radius 2 is 2.07 bits per heavy atom. The molecule has 0 unspecified atom stereocenters. The van der Waals surface area contributed by atoms with Crippen molar-refractivity contribution in [1.29, 1.82) is 0 Å². The number of carbonyl (C=O) groups is 1. The molecule has 0 fully saturated rings. The van der Waals surface area contributed by atoms with Crippen molar-refractivity contribution >= 4 is 17.7 Å². The van der Waals surface area contributed by atoms with Crippen LogP contribution in [-0.2, 0) is 4.79 Å². The third-order valence-corrected chi connectivity index (χ3v) is 2.04. The number of carbonyl (C=O) groups excluding carboxylic acids is 1. The molecule has 0 saturated heterocycles. The fourth-order valence-corrected chi connectivity index (χ4v) is 1.13. The maximum Gasteiger partial charge on any atom is 0.342 e. The number of nitrogens with zero attached hydrogens (tertiary/aromatic N) is 1. The minimum Gasteiger partial charge on any atom is -0.543 e. The molecule has 0 saturated carbocycles. The van der Waals surface area contributed by atoms with Crippen LogP contribution < -0.4 is 16.4 Å². The molecule has 0 radical (unpaired) electrons. The van der Waals surface area contributed by atoms with Crippen LogP contribution in [0.2, 0.25) is 0 Å². The molecule has 10 heteroatoms. The minimum absolute atomic E-state index is 0.631. The number of thioether (sulfide) groups is 1. The van der Waals surface area contributed by atoms with Crippen molar-refractivity contribution in [1.82, 2.24) is 15.2 Å². The van der Waals surface area contributed by atoms with Gasteiger partial charge in [-0.05, 0) is 11.8 Å². The number of H-pyrrole nitrogens is 2. The molecule has 0 atom stereocenters.